The third-order valence-corrected chi connectivity index (χ3v) is 2.98. The summed E-state index contributed by atoms with van der Waals surface area (Å²) in [5.74, 6) is 0. The number of hydrogen-bond donors (Lipinski definition) is 4. The van der Waals surface area contributed by atoms with Gasteiger partial charge in [0.05, 0.1) is 12.1 Å². The Bertz CT molecular complexity index is 428. The monoisotopic (exact) mass is 249 g/mol. The maximum atomic E-state index is 11.8. The van der Waals surface area contributed by atoms with Gasteiger partial charge in [-0.15, -0.1) is 0 Å². The molecule has 1 aliphatic heterocycles. The number of hydrogen-bond acceptors (Lipinski definition) is 3. The van der Waals surface area contributed by atoms with Crippen molar-refractivity contribution in [3.8, 4) is 0 Å². The van der Waals surface area contributed by atoms with Crippen molar-refractivity contribution < 1.29 is 9.90 Å². The fourth-order valence-electron chi connectivity index (χ4n) is 2.19. The highest BCUT2D eigenvalue weighted by Crippen LogP contribution is 2.13. The number of rotatable bonds is 2. The lowest BCUT2D eigenvalue weighted by Crippen LogP contribution is -2.44. The summed E-state index contributed by atoms with van der Waals surface area (Å²) in [5, 5.41) is 18.1. The Labute approximate surface area is 107 Å². The lowest BCUT2D eigenvalue weighted by Gasteiger charge is -2.16. The quantitative estimate of drug-likeness (QED) is 0.625. The maximum absolute atomic E-state index is 11.8. The van der Waals surface area contributed by atoms with Crippen molar-refractivity contribution in [3.05, 3.63) is 29.3 Å². The summed E-state index contributed by atoms with van der Waals surface area (Å²) in [5.41, 5.74) is 2.98. The number of anilines is 1. The summed E-state index contributed by atoms with van der Waals surface area (Å²) < 4.78 is 0. The molecule has 0 radical (unpaired) electrons. The second-order valence-corrected chi connectivity index (χ2v) is 4.81. The number of β-amino-alcohol motifs (C(OH)–C–C–N with tert-alkyl or cyclic N) is 1. The summed E-state index contributed by atoms with van der Waals surface area (Å²) in [6.45, 7) is 5.09. The van der Waals surface area contributed by atoms with E-state index in [9.17, 15) is 9.90 Å². The predicted octanol–water partition coefficient (Wildman–Crippen LogP) is 0.758. The van der Waals surface area contributed by atoms with Crippen molar-refractivity contribution in [2.45, 2.75) is 26.0 Å². The molecule has 1 aromatic carbocycles. The van der Waals surface area contributed by atoms with Crippen molar-refractivity contribution in [2.24, 2.45) is 0 Å². The van der Waals surface area contributed by atoms with E-state index in [-0.39, 0.29) is 12.1 Å². The molecule has 0 bridgehead atoms. The Hall–Kier alpha value is -1.59. The molecule has 0 spiro atoms. The van der Waals surface area contributed by atoms with E-state index in [4.69, 9.17) is 0 Å². The van der Waals surface area contributed by atoms with E-state index in [1.807, 2.05) is 32.0 Å². The minimum absolute atomic E-state index is 0.226. The van der Waals surface area contributed by atoms with E-state index in [0.717, 1.165) is 16.8 Å². The molecule has 0 aromatic heterocycles. The summed E-state index contributed by atoms with van der Waals surface area (Å²) in [4.78, 5) is 11.8. The van der Waals surface area contributed by atoms with E-state index in [1.54, 1.807) is 0 Å². The minimum atomic E-state index is -0.519. The first-order valence-corrected chi connectivity index (χ1v) is 6.09. The van der Waals surface area contributed by atoms with Gasteiger partial charge < -0.3 is 21.1 Å². The van der Waals surface area contributed by atoms with Crippen molar-refractivity contribution >= 4 is 11.7 Å². The van der Waals surface area contributed by atoms with Crippen LogP contribution in [-0.4, -0.2) is 36.4 Å². The highest BCUT2D eigenvalue weighted by Gasteiger charge is 2.26. The maximum Gasteiger partial charge on any atom is 0.319 e. The summed E-state index contributed by atoms with van der Waals surface area (Å²) in [6.07, 6.45) is -0.519. The molecule has 1 heterocycles. The van der Waals surface area contributed by atoms with Gasteiger partial charge in [-0.1, -0.05) is 6.07 Å². The number of aryl methyl sites for hydroxylation is 2. The molecule has 5 nitrogen and oxygen atoms in total. The molecule has 1 fully saturated rings. The van der Waals surface area contributed by atoms with Crippen LogP contribution < -0.4 is 16.0 Å². The van der Waals surface area contributed by atoms with Gasteiger partial charge in [-0.2, -0.15) is 0 Å². The third-order valence-electron chi connectivity index (χ3n) is 2.98. The number of aliphatic hydroxyl groups excluding tert-OH is 1. The SMILES string of the molecule is Cc1cc(C)cc(NC(=O)N[C@@H]2CNC[C@H]2O)c1. The molecule has 5 heteroatoms. The molecule has 0 unspecified atom stereocenters. The highest BCUT2D eigenvalue weighted by molar-refractivity contribution is 5.89. The van der Waals surface area contributed by atoms with Crippen molar-refractivity contribution in [1.82, 2.24) is 10.6 Å². The van der Waals surface area contributed by atoms with Crippen LogP contribution in [0.1, 0.15) is 11.1 Å². The van der Waals surface area contributed by atoms with E-state index < -0.39 is 6.10 Å². The van der Waals surface area contributed by atoms with Gasteiger partial charge in [0.1, 0.15) is 0 Å². The van der Waals surface area contributed by atoms with E-state index in [1.165, 1.54) is 0 Å². The number of amides is 2. The number of carbonyl (C=O) groups is 1. The Morgan fingerprint density at radius 3 is 2.50 bits per heavy atom. The molecular formula is C13H19N3O2. The van der Waals surface area contributed by atoms with Crippen molar-refractivity contribution in [3.63, 3.8) is 0 Å². The van der Waals surface area contributed by atoms with Crippen LogP contribution in [0.3, 0.4) is 0 Å². The number of urea groups is 1. The van der Waals surface area contributed by atoms with Crippen LogP contribution in [0.4, 0.5) is 10.5 Å². The normalized spacial score (nSPS) is 22.8. The Balaban J connectivity index is 1.94. The zero-order valence-electron chi connectivity index (χ0n) is 10.7. The van der Waals surface area contributed by atoms with Gasteiger partial charge >= 0.3 is 6.03 Å². The molecule has 98 valence electrons. The average Bonchev–Trinajstić information content (AvgIpc) is 2.62. The van der Waals surface area contributed by atoms with Gasteiger partial charge in [0, 0.05) is 18.8 Å². The summed E-state index contributed by atoms with van der Waals surface area (Å²) >= 11 is 0. The lowest BCUT2D eigenvalue weighted by atomic mass is 10.1. The molecule has 0 aliphatic carbocycles. The van der Waals surface area contributed by atoms with Gasteiger partial charge in [-0.3, -0.25) is 0 Å². The summed E-state index contributed by atoms with van der Waals surface area (Å²) in [7, 11) is 0. The molecule has 2 atom stereocenters. The zero-order chi connectivity index (χ0) is 13.1. The van der Waals surface area contributed by atoms with Gasteiger partial charge in [0.15, 0.2) is 0 Å². The molecular weight excluding hydrogens is 230 g/mol. The lowest BCUT2D eigenvalue weighted by molar-refractivity contribution is 0.164. The Morgan fingerprint density at radius 2 is 1.94 bits per heavy atom. The second kappa shape index (κ2) is 5.37. The topological polar surface area (TPSA) is 73.4 Å². The van der Waals surface area contributed by atoms with Crippen LogP contribution >= 0.6 is 0 Å². The largest absolute Gasteiger partial charge is 0.390 e. The van der Waals surface area contributed by atoms with Crippen molar-refractivity contribution in [1.29, 1.82) is 0 Å². The first kappa shape index (κ1) is 12.9. The van der Waals surface area contributed by atoms with Crippen LogP contribution in [0.25, 0.3) is 0 Å². The Morgan fingerprint density at radius 1 is 1.28 bits per heavy atom. The molecule has 1 saturated heterocycles. The number of benzene rings is 1. The zero-order valence-corrected chi connectivity index (χ0v) is 10.7. The molecule has 0 saturated carbocycles. The molecule has 1 aliphatic rings. The standard InChI is InChI=1S/C13H19N3O2/c1-8-3-9(2)5-10(4-8)15-13(18)16-11-6-14-7-12(11)17/h3-5,11-12,14,17H,6-7H2,1-2H3,(H2,15,16,18)/t11-,12-/m1/s1. The number of carbonyl (C=O) groups excluding carboxylic acids is 1. The fraction of sp³-hybridized carbons (Fsp3) is 0.462. The van der Waals surface area contributed by atoms with Gasteiger partial charge in [0.2, 0.25) is 0 Å². The first-order valence-electron chi connectivity index (χ1n) is 6.09. The van der Waals surface area contributed by atoms with Crippen molar-refractivity contribution in [2.75, 3.05) is 18.4 Å². The molecule has 4 N–H and O–H groups in total. The van der Waals surface area contributed by atoms with Crippen LogP contribution in [0, 0.1) is 13.8 Å². The average molecular weight is 249 g/mol. The first-order chi connectivity index (χ1) is 8.54. The van der Waals surface area contributed by atoms with Crippen LogP contribution in [0.5, 0.6) is 0 Å². The second-order valence-electron chi connectivity index (χ2n) is 4.81. The van der Waals surface area contributed by atoms with Gasteiger partial charge in [0.25, 0.3) is 0 Å². The van der Waals surface area contributed by atoms with Gasteiger partial charge in [-0.05, 0) is 37.1 Å². The Kier molecular flexibility index (Phi) is 3.84. The van der Waals surface area contributed by atoms with E-state index >= 15 is 0 Å². The van der Waals surface area contributed by atoms with E-state index in [2.05, 4.69) is 16.0 Å². The molecule has 18 heavy (non-hydrogen) atoms. The molecule has 1 aromatic rings. The fourth-order valence-corrected chi connectivity index (χ4v) is 2.19. The van der Waals surface area contributed by atoms with Crippen LogP contribution in [0.15, 0.2) is 18.2 Å². The summed E-state index contributed by atoms with van der Waals surface area (Å²) in [6, 6.07) is 5.36. The third kappa shape index (κ3) is 3.21. The van der Waals surface area contributed by atoms with Crippen LogP contribution in [-0.2, 0) is 0 Å². The van der Waals surface area contributed by atoms with E-state index in [0.29, 0.717) is 13.1 Å². The predicted molar refractivity (Wildman–Crippen MR) is 70.7 cm³/mol. The minimum Gasteiger partial charge on any atom is -0.390 e. The van der Waals surface area contributed by atoms with Crippen LogP contribution in [0.2, 0.25) is 0 Å². The molecule has 2 rings (SSSR count). The number of aliphatic hydroxyl groups is 1. The smallest absolute Gasteiger partial charge is 0.319 e. The highest BCUT2D eigenvalue weighted by atomic mass is 16.3. The van der Waals surface area contributed by atoms with Gasteiger partial charge in [-0.25, -0.2) is 4.79 Å². The number of nitrogens with one attached hydrogen (secondary N) is 3. The molecule has 2 amide bonds.